The number of carbonyl (C=O) groups is 7. The Morgan fingerprint density at radius 2 is 1.08 bits per heavy atom. The summed E-state index contributed by atoms with van der Waals surface area (Å²) < 4.78 is 15.9. The van der Waals surface area contributed by atoms with E-state index in [0.29, 0.717) is 32.0 Å². The minimum Gasteiger partial charge on any atom is -0.479 e. The summed E-state index contributed by atoms with van der Waals surface area (Å²) in [7, 11) is 0. The van der Waals surface area contributed by atoms with Crippen LogP contribution in [0.15, 0.2) is 0 Å². The van der Waals surface area contributed by atoms with Gasteiger partial charge in [0.05, 0.1) is 37.5 Å². The van der Waals surface area contributed by atoms with E-state index in [9.17, 15) is 33.6 Å². The molecule has 19 nitrogen and oxygen atoms in total. The molecule has 2 saturated carbocycles. The number of carbonyl (C=O) groups excluding carboxylic acids is 5. The number of fused-ring (bicyclic) bond motifs is 2. The van der Waals surface area contributed by atoms with Crippen LogP contribution in [-0.4, -0.2) is 167 Å². The maximum atomic E-state index is 12.5. The van der Waals surface area contributed by atoms with Gasteiger partial charge in [-0.3, -0.25) is 24.2 Å². The van der Waals surface area contributed by atoms with Crippen molar-refractivity contribution < 1.29 is 68.2 Å². The molecular formula is C40H69N5O14. The van der Waals surface area contributed by atoms with Gasteiger partial charge in [0.15, 0.2) is 12.2 Å². The van der Waals surface area contributed by atoms with Crippen LogP contribution in [-0.2, 0) is 38.2 Å². The summed E-state index contributed by atoms with van der Waals surface area (Å²) in [5, 5.41) is 36.2. The highest BCUT2D eigenvalue weighted by Gasteiger charge is 2.49. The lowest BCUT2D eigenvalue weighted by atomic mass is 9.85. The highest BCUT2D eigenvalue weighted by Crippen LogP contribution is 2.35. The number of ketones is 1. The highest BCUT2D eigenvalue weighted by atomic mass is 16.6. The Morgan fingerprint density at radius 1 is 0.661 bits per heavy atom. The van der Waals surface area contributed by atoms with Gasteiger partial charge in [-0.2, -0.15) is 0 Å². The molecule has 0 aromatic carbocycles. The molecule has 5 rings (SSSR count). The zero-order valence-electron chi connectivity index (χ0n) is 36.7. The molecule has 3 aliphatic heterocycles. The fraction of sp³-hybridized carbons (Fsp3) is 0.825. The molecule has 4 amide bonds. The zero-order chi connectivity index (χ0) is 45.2. The van der Waals surface area contributed by atoms with E-state index in [1.165, 1.54) is 19.8 Å². The van der Waals surface area contributed by atoms with Crippen LogP contribution in [0, 0.1) is 0 Å². The predicted octanol–water partition coefficient (Wildman–Crippen LogP) is 2.93. The first kappa shape index (κ1) is 51.1. The number of carboxylic acids is 2. The standard InChI is InChI=1S/C18H33N3O3.C14H22N2O4.C4H6O6.C4H8O/c1-12(22)20-11-21(16(23)24-18(5,6)7)14-9-8-13(10-15(14)20)19-17(2,3)4;1-9(17)15-8-16(13(19)20-14(2,3)4)11-6-5-10(18)7-12(11)15;5-1(3(7)8)2(6)4(9)10;1-2-4-5-3-1/h13-15,19H,8-11H2,1-7H3;11-12H,5-8H2,1-4H3;1-2,5-6H,(H,7,8)(H,9,10);1-4H2/t13-,14+,15-;11-,12+;;/m10../s1. The van der Waals surface area contributed by atoms with Gasteiger partial charge in [0.25, 0.3) is 0 Å². The van der Waals surface area contributed by atoms with Gasteiger partial charge in [-0.1, -0.05) is 0 Å². The smallest absolute Gasteiger partial charge is 0.412 e. The summed E-state index contributed by atoms with van der Waals surface area (Å²) in [6.07, 6.45) is 1.47. The monoisotopic (exact) mass is 843 g/mol. The number of carboxylic acid groups (broad SMARTS) is 2. The second-order valence-electron chi connectivity index (χ2n) is 18.5. The quantitative estimate of drug-likeness (QED) is 0.273. The van der Waals surface area contributed by atoms with Crippen LogP contribution < -0.4 is 5.32 Å². The highest BCUT2D eigenvalue weighted by molar-refractivity contribution is 5.84. The average molecular weight is 844 g/mol. The van der Waals surface area contributed by atoms with E-state index in [4.69, 9.17) is 34.6 Å². The van der Waals surface area contributed by atoms with E-state index < -0.39 is 41.4 Å². The number of amides is 4. The number of hydrogen-bond acceptors (Lipinski definition) is 13. The molecule has 338 valence electrons. The van der Waals surface area contributed by atoms with Crippen LogP contribution in [0.5, 0.6) is 0 Å². The fourth-order valence-electron chi connectivity index (χ4n) is 7.45. The van der Waals surface area contributed by atoms with Crippen molar-refractivity contribution in [1.82, 2.24) is 24.9 Å². The number of nitrogens with one attached hydrogen (secondary N) is 1. The second-order valence-corrected chi connectivity index (χ2v) is 18.5. The second kappa shape index (κ2) is 21.4. The minimum absolute atomic E-state index is 0.0208. The van der Waals surface area contributed by atoms with Crippen LogP contribution in [0.2, 0.25) is 0 Å². The molecule has 59 heavy (non-hydrogen) atoms. The van der Waals surface area contributed by atoms with E-state index in [-0.39, 0.29) is 60.1 Å². The lowest BCUT2D eigenvalue weighted by molar-refractivity contribution is -0.165. The maximum absolute atomic E-state index is 12.5. The Morgan fingerprint density at radius 3 is 1.44 bits per heavy atom. The molecule has 3 saturated heterocycles. The van der Waals surface area contributed by atoms with Crippen LogP contribution in [0.25, 0.3) is 0 Å². The van der Waals surface area contributed by atoms with Gasteiger partial charge < -0.3 is 49.8 Å². The van der Waals surface area contributed by atoms with Crippen LogP contribution in [0.4, 0.5) is 9.59 Å². The van der Waals surface area contributed by atoms with E-state index in [1.807, 2.05) is 46.4 Å². The lowest BCUT2D eigenvalue weighted by Gasteiger charge is -2.39. The molecule has 7 atom stereocenters. The van der Waals surface area contributed by atoms with Gasteiger partial charge in [0, 0.05) is 51.5 Å². The van der Waals surface area contributed by atoms with Gasteiger partial charge in [0.1, 0.15) is 17.0 Å². The van der Waals surface area contributed by atoms with Crippen LogP contribution in [0.3, 0.4) is 0 Å². The number of aliphatic hydroxyl groups excluding tert-OH is 2. The van der Waals surface area contributed by atoms with E-state index in [1.54, 1.807) is 21.6 Å². The molecule has 3 heterocycles. The summed E-state index contributed by atoms with van der Waals surface area (Å²) >= 11 is 0. The summed E-state index contributed by atoms with van der Waals surface area (Å²) in [6, 6.07) is 0.199. The predicted molar refractivity (Wildman–Crippen MR) is 213 cm³/mol. The normalized spacial score (nSPS) is 25.0. The number of rotatable bonds is 4. The van der Waals surface area contributed by atoms with Crippen molar-refractivity contribution >= 4 is 41.7 Å². The summed E-state index contributed by atoms with van der Waals surface area (Å²) in [4.78, 5) is 86.5. The van der Waals surface area contributed by atoms with Crippen LogP contribution >= 0.6 is 0 Å². The zero-order valence-corrected chi connectivity index (χ0v) is 36.7. The topological polar surface area (TPSA) is 253 Å². The minimum atomic E-state index is -2.27. The summed E-state index contributed by atoms with van der Waals surface area (Å²) in [5.41, 5.74) is -1.05. The molecule has 0 radical (unpaired) electrons. The van der Waals surface area contributed by atoms with Gasteiger partial charge in [-0.05, 0) is 101 Å². The molecule has 0 bridgehead atoms. The average Bonchev–Trinajstić information content (AvgIpc) is 3.86. The first-order chi connectivity index (χ1) is 27.0. The molecule has 5 aliphatic rings. The molecule has 2 unspecified atom stereocenters. The first-order valence-corrected chi connectivity index (χ1v) is 20.3. The number of Topliss-reactive ketones (excluding diaryl/α,β-unsaturated/α-hetero) is 1. The maximum Gasteiger partial charge on any atom is 0.412 e. The van der Waals surface area contributed by atoms with Crippen molar-refractivity contribution in [1.29, 1.82) is 0 Å². The molecule has 5 N–H and O–H groups in total. The van der Waals surface area contributed by atoms with Crippen molar-refractivity contribution in [2.24, 2.45) is 0 Å². The van der Waals surface area contributed by atoms with E-state index in [0.717, 1.165) is 32.5 Å². The fourth-order valence-corrected chi connectivity index (χ4v) is 7.45. The Balaban J connectivity index is 0.000000306. The summed E-state index contributed by atoms with van der Waals surface area (Å²) in [6.45, 7) is 23.1. The number of hydrogen-bond donors (Lipinski definition) is 5. The number of ether oxygens (including phenoxy) is 3. The van der Waals surface area contributed by atoms with Gasteiger partial charge in [-0.15, -0.1) is 0 Å². The number of aliphatic hydroxyl groups is 2. The third-order valence-corrected chi connectivity index (χ3v) is 9.93. The van der Waals surface area contributed by atoms with Gasteiger partial charge in [-0.25, -0.2) is 19.2 Å². The number of aliphatic carboxylic acids is 2. The van der Waals surface area contributed by atoms with Gasteiger partial charge >= 0.3 is 24.1 Å². The molecule has 0 aromatic rings. The Hall–Kier alpha value is -4.07. The lowest BCUT2D eigenvalue weighted by Crippen LogP contribution is -2.53. The molecule has 19 heteroatoms. The van der Waals surface area contributed by atoms with E-state index in [2.05, 4.69) is 26.1 Å². The first-order valence-electron chi connectivity index (χ1n) is 20.3. The Bertz CT molecular complexity index is 1460. The largest absolute Gasteiger partial charge is 0.479 e. The van der Waals surface area contributed by atoms with Crippen molar-refractivity contribution in [3.05, 3.63) is 0 Å². The van der Waals surface area contributed by atoms with E-state index >= 15 is 0 Å². The van der Waals surface area contributed by atoms with Gasteiger partial charge in [0.2, 0.25) is 11.8 Å². The SMILES string of the molecule is C1CCOC1.CC(=O)N1CN(C(=O)OC(C)(C)C)[C@H]2CCC(=O)C[C@H]21.CC(=O)N1CN(C(=O)OC(C)(C)C)[C@H]2CC[C@@H](NC(C)(C)C)C[C@H]21.O=C(O)C(O)C(O)C(=O)O. The van der Waals surface area contributed by atoms with Crippen molar-refractivity contribution in [3.8, 4) is 0 Å². The van der Waals surface area contributed by atoms with Crippen LogP contribution in [0.1, 0.15) is 128 Å². The van der Waals surface area contributed by atoms with Crippen molar-refractivity contribution in [3.63, 3.8) is 0 Å². The molecule has 2 aliphatic carbocycles. The molecule has 0 aromatic heterocycles. The Labute approximate surface area is 347 Å². The molecular weight excluding hydrogens is 774 g/mol. The van der Waals surface area contributed by atoms with Crippen molar-refractivity contribution in [2.45, 2.75) is 187 Å². The Kier molecular flexibility index (Phi) is 18.6. The number of nitrogens with zero attached hydrogens (tertiary/aromatic N) is 4. The van der Waals surface area contributed by atoms with Crippen molar-refractivity contribution in [2.75, 3.05) is 26.6 Å². The molecule has 5 fully saturated rings. The molecule has 0 spiro atoms. The summed E-state index contributed by atoms with van der Waals surface area (Å²) in [5.74, 6) is -3.47. The third-order valence-electron chi connectivity index (χ3n) is 9.93. The third kappa shape index (κ3) is 16.5.